The first-order valence-corrected chi connectivity index (χ1v) is 13.8. The molecule has 0 atom stereocenters. The topological polar surface area (TPSA) is 157 Å². The Labute approximate surface area is 248 Å². The first-order chi connectivity index (χ1) is 20.7. The lowest BCUT2D eigenvalue weighted by atomic mass is 10.1. The number of nitrogens with zero attached hydrogens (tertiary/aromatic N) is 5. The molecule has 0 saturated carbocycles. The number of hydrogen-bond acceptors (Lipinski definition) is 10. The van der Waals surface area contributed by atoms with Crippen molar-refractivity contribution in [3.63, 3.8) is 0 Å². The van der Waals surface area contributed by atoms with E-state index in [1.807, 2.05) is 26.8 Å². The van der Waals surface area contributed by atoms with Gasteiger partial charge in [0.1, 0.15) is 11.8 Å². The van der Waals surface area contributed by atoms with Gasteiger partial charge in [0.25, 0.3) is 11.8 Å². The van der Waals surface area contributed by atoms with Gasteiger partial charge in [0.2, 0.25) is 6.79 Å². The molecule has 43 heavy (non-hydrogen) atoms. The third-order valence-corrected chi connectivity index (χ3v) is 6.55. The standard InChI is InChI=1S/C30H33N7O6/c1-5-11-32-27(38)22-8-7-19(3)24(15-22)35-26-25-20(4)23(16-37(25)34-17-33-26)28(39)36(14-6-2)30(41)43-18-42-29(40)21-9-12-31-13-10-21/h7-10,12-13,15-17H,5-6,11,14,18H2,1-4H3,(H,32,38)(H,33,34,35). The van der Waals surface area contributed by atoms with Crippen molar-refractivity contribution in [2.45, 2.75) is 40.5 Å². The number of pyridine rings is 1. The molecular formula is C30H33N7O6. The Hall–Kier alpha value is -5.33. The SMILES string of the molecule is CCCNC(=O)c1ccc(C)c(Nc2ncnn3cc(C(=O)N(CCC)C(=O)OCOC(=O)c4ccncc4)c(C)c23)c1. The smallest absolute Gasteiger partial charge is 0.419 e. The molecule has 0 spiro atoms. The van der Waals surface area contributed by atoms with E-state index in [2.05, 4.69) is 25.7 Å². The molecule has 4 aromatic rings. The van der Waals surface area contributed by atoms with Crippen LogP contribution in [0.3, 0.4) is 0 Å². The van der Waals surface area contributed by atoms with Gasteiger partial charge in [0.05, 0.1) is 11.1 Å². The van der Waals surface area contributed by atoms with E-state index in [1.165, 1.54) is 41.6 Å². The molecule has 0 saturated heterocycles. The molecule has 13 heteroatoms. The van der Waals surface area contributed by atoms with Crippen molar-refractivity contribution in [2.24, 2.45) is 0 Å². The Balaban J connectivity index is 1.54. The van der Waals surface area contributed by atoms with Crippen molar-refractivity contribution in [2.75, 3.05) is 25.2 Å². The summed E-state index contributed by atoms with van der Waals surface area (Å²) in [6.45, 7) is 7.40. The number of fused-ring (bicyclic) bond motifs is 1. The lowest BCUT2D eigenvalue weighted by Gasteiger charge is -2.19. The monoisotopic (exact) mass is 587 g/mol. The van der Waals surface area contributed by atoms with E-state index in [1.54, 1.807) is 19.1 Å². The van der Waals surface area contributed by atoms with Gasteiger partial charge >= 0.3 is 12.1 Å². The largest absolute Gasteiger partial charge is 0.424 e. The van der Waals surface area contributed by atoms with Gasteiger partial charge in [-0.3, -0.25) is 14.6 Å². The Morgan fingerprint density at radius 2 is 1.74 bits per heavy atom. The lowest BCUT2D eigenvalue weighted by molar-refractivity contribution is -0.0105. The van der Waals surface area contributed by atoms with Gasteiger partial charge in [-0.15, -0.1) is 0 Å². The second kappa shape index (κ2) is 14.0. The van der Waals surface area contributed by atoms with E-state index in [4.69, 9.17) is 9.47 Å². The number of aromatic nitrogens is 4. The lowest BCUT2D eigenvalue weighted by Crippen LogP contribution is -2.38. The van der Waals surface area contributed by atoms with Crippen molar-refractivity contribution >= 4 is 40.9 Å². The number of hydrogen-bond donors (Lipinski definition) is 2. The van der Waals surface area contributed by atoms with Gasteiger partial charge in [0, 0.05) is 42.9 Å². The minimum atomic E-state index is -0.956. The molecule has 0 aliphatic carbocycles. The predicted octanol–water partition coefficient (Wildman–Crippen LogP) is 4.43. The van der Waals surface area contributed by atoms with E-state index >= 15 is 0 Å². The van der Waals surface area contributed by atoms with Crippen LogP contribution in [0.2, 0.25) is 0 Å². The molecule has 3 amide bonds. The summed E-state index contributed by atoms with van der Waals surface area (Å²) in [4.78, 5) is 60.3. The van der Waals surface area contributed by atoms with Gasteiger partial charge in [0.15, 0.2) is 5.82 Å². The fourth-order valence-corrected chi connectivity index (χ4v) is 4.26. The number of esters is 1. The van der Waals surface area contributed by atoms with Gasteiger partial charge in [-0.05, 0) is 62.1 Å². The van der Waals surface area contributed by atoms with Crippen molar-refractivity contribution in [3.8, 4) is 0 Å². The van der Waals surface area contributed by atoms with Crippen LogP contribution in [0.5, 0.6) is 0 Å². The summed E-state index contributed by atoms with van der Waals surface area (Å²) in [6.07, 6.45) is 6.06. The van der Waals surface area contributed by atoms with Crippen LogP contribution in [-0.4, -0.2) is 68.2 Å². The van der Waals surface area contributed by atoms with E-state index in [-0.39, 0.29) is 23.6 Å². The van der Waals surface area contributed by atoms with Gasteiger partial charge in [-0.25, -0.2) is 24.0 Å². The van der Waals surface area contributed by atoms with E-state index in [0.717, 1.165) is 16.9 Å². The summed E-state index contributed by atoms with van der Waals surface area (Å²) in [7, 11) is 0. The molecule has 13 nitrogen and oxygen atoms in total. The van der Waals surface area contributed by atoms with Crippen LogP contribution in [0.15, 0.2) is 55.2 Å². The van der Waals surface area contributed by atoms with Gasteiger partial charge < -0.3 is 20.1 Å². The molecule has 224 valence electrons. The molecule has 0 aliphatic rings. The highest BCUT2D eigenvalue weighted by atomic mass is 16.7. The molecule has 1 aromatic carbocycles. The number of rotatable bonds is 11. The number of nitrogens with one attached hydrogen (secondary N) is 2. The molecular weight excluding hydrogens is 554 g/mol. The summed E-state index contributed by atoms with van der Waals surface area (Å²) in [5, 5.41) is 10.4. The van der Waals surface area contributed by atoms with Crippen LogP contribution in [0.25, 0.3) is 5.52 Å². The summed E-state index contributed by atoms with van der Waals surface area (Å²) >= 11 is 0. The van der Waals surface area contributed by atoms with Crippen molar-refractivity contribution in [3.05, 3.63) is 83.1 Å². The summed E-state index contributed by atoms with van der Waals surface area (Å²) in [5.74, 6) is -1.07. The number of anilines is 2. The number of carbonyl (C=O) groups is 4. The van der Waals surface area contributed by atoms with Crippen LogP contribution < -0.4 is 10.6 Å². The molecule has 0 unspecified atom stereocenters. The van der Waals surface area contributed by atoms with Crippen LogP contribution in [-0.2, 0) is 9.47 Å². The first kappa shape index (κ1) is 30.6. The maximum atomic E-state index is 13.6. The molecule has 2 N–H and O–H groups in total. The molecule has 0 radical (unpaired) electrons. The fourth-order valence-electron chi connectivity index (χ4n) is 4.26. The zero-order valence-electron chi connectivity index (χ0n) is 24.4. The Morgan fingerprint density at radius 3 is 2.47 bits per heavy atom. The van der Waals surface area contributed by atoms with E-state index in [0.29, 0.717) is 41.1 Å². The third-order valence-electron chi connectivity index (χ3n) is 6.55. The predicted molar refractivity (Wildman–Crippen MR) is 157 cm³/mol. The van der Waals surface area contributed by atoms with E-state index in [9.17, 15) is 19.2 Å². The van der Waals surface area contributed by atoms with Crippen LogP contribution in [0.1, 0.15) is 68.9 Å². The fraction of sp³-hybridized carbons (Fsp3) is 0.300. The summed E-state index contributed by atoms with van der Waals surface area (Å²) < 4.78 is 11.6. The Bertz CT molecular complexity index is 1640. The highest BCUT2D eigenvalue weighted by molar-refractivity contribution is 6.06. The maximum absolute atomic E-state index is 13.6. The normalized spacial score (nSPS) is 10.7. The average Bonchev–Trinajstić information content (AvgIpc) is 3.36. The van der Waals surface area contributed by atoms with Gasteiger partial charge in [-0.1, -0.05) is 19.9 Å². The third kappa shape index (κ3) is 7.12. The summed E-state index contributed by atoms with van der Waals surface area (Å²) in [6, 6.07) is 8.26. The molecule has 3 heterocycles. The number of aryl methyl sites for hydroxylation is 2. The molecule has 0 fully saturated rings. The minimum absolute atomic E-state index is 0.0739. The second-order valence-electron chi connectivity index (χ2n) is 9.63. The average molecular weight is 588 g/mol. The number of carbonyl (C=O) groups excluding carboxylic acids is 4. The Morgan fingerprint density at radius 1 is 0.977 bits per heavy atom. The van der Waals surface area contributed by atoms with Crippen LogP contribution in [0.4, 0.5) is 16.3 Å². The molecule has 0 bridgehead atoms. The van der Waals surface area contributed by atoms with Crippen LogP contribution in [0, 0.1) is 13.8 Å². The number of ether oxygens (including phenoxy) is 2. The maximum Gasteiger partial charge on any atom is 0.419 e. The summed E-state index contributed by atoms with van der Waals surface area (Å²) in [5.41, 5.74) is 3.54. The highest BCUT2D eigenvalue weighted by Crippen LogP contribution is 2.28. The van der Waals surface area contributed by atoms with E-state index < -0.39 is 24.8 Å². The quantitative estimate of drug-likeness (QED) is 0.190. The second-order valence-corrected chi connectivity index (χ2v) is 9.63. The zero-order valence-corrected chi connectivity index (χ0v) is 24.4. The number of benzene rings is 1. The zero-order chi connectivity index (χ0) is 30.9. The number of imide groups is 1. The Kier molecular flexibility index (Phi) is 9.99. The molecule has 3 aromatic heterocycles. The van der Waals surface area contributed by atoms with Crippen molar-refractivity contribution in [1.29, 1.82) is 0 Å². The first-order valence-electron chi connectivity index (χ1n) is 13.8. The minimum Gasteiger partial charge on any atom is -0.424 e. The van der Waals surface area contributed by atoms with Gasteiger partial charge in [-0.2, -0.15) is 5.10 Å². The van der Waals surface area contributed by atoms with Crippen LogP contribution >= 0.6 is 0 Å². The number of amides is 3. The van der Waals surface area contributed by atoms with Crippen molar-refractivity contribution < 1.29 is 28.7 Å². The highest BCUT2D eigenvalue weighted by Gasteiger charge is 2.28. The molecule has 4 rings (SSSR count). The molecule has 0 aliphatic heterocycles. The van der Waals surface area contributed by atoms with Crippen molar-refractivity contribution in [1.82, 2.24) is 29.8 Å².